The Labute approximate surface area is 106 Å². The van der Waals surface area contributed by atoms with E-state index in [1.165, 1.54) is 4.90 Å². The number of nitrogens with zero attached hydrogens (tertiary/aromatic N) is 1. The molecule has 1 aromatic rings. The van der Waals surface area contributed by atoms with Gasteiger partial charge >= 0.3 is 0 Å². The minimum absolute atomic E-state index is 0.541. The van der Waals surface area contributed by atoms with Gasteiger partial charge in [0, 0.05) is 24.3 Å². The van der Waals surface area contributed by atoms with Gasteiger partial charge in [0.15, 0.2) is 0 Å². The summed E-state index contributed by atoms with van der Waals surface area (Å²) in [5.74, 6) is 0.977. The minimum Gasteiger partial charge on any atom is -0.383 e. The van der Waals surface area contributed by atoms with Crippen LogP contribution in [-0.2, 0) is 10.3 Å². The highest BCUT2D eigenvalue weighted by Crippen LogP contribution is 2.39. The largest absolute Gasteiger partial charge is 0.383 e. The molecular formula is C13H16N2OS. The number of rotatable bonds is 4. The van der Waals surface area contributed by atoms with E-state index in [9.17, 15) is 5.26 Å². The van der Waals surface area contributed by atoms with Crippen molar-refractivity contribution in [2.75, 3.05) is 26.0 Å². The van der Waals surface area contributed by atoms with Crippen molar-refractivity contribution in [3.05, 3.63) is 29.8 Å². The average molecular weight is 248 g/mol. The third kappa shape index (κ3) is 2.47. The second-order valence-corrected chi connectivity index (χ2v) is 5.17. The van der Waals surface area contributed by atoms with Crippen LogP contribution in [0.3, 0.4) is 0 Å². The fraction of sp³-hybridized carbons (Fsp3) is 0.462. The van der Waals surface area contributed by atoms with Crippen LogP contribution in [0.1, 0.15) is 12.0 Å². The molecule has 0 spiro atoms. The lowest BCUT2D eigenvalue weighted by molar-refractivity contribution is 0.189. The monoisotopic (exact) mass is 248 g/mol. The molecule has 0 radical (unpaired) electrons. The predicted octanol–water partition coefficient (Wildman–Crippen LogP) is 2.14. The summed E-state index contributed by atoms with van der Waals surface area (Å²) in [5.41, 5.74) is 0.565. The summed E-state index contributed by atoms with van der Waals surface area (Å²) >= 11 is 1.82. The van der Waals surface area contributed by atoms with E-state index >= 15 is 0 Å². The second kappa shape index (κ2) is 5.54. The third-order valence-electron chi connectivity index (χ3n) is 3.01. The van der Waals surface area contributed by atoms with E-state index in [0.29, 0.717) is 13.2 Å². The number of ether oxygens (including phenoxy) is 1. The molecule has 1 aliphatic rings. The van der Waals surface area contributed by atoms with Gasteiger partial charge < -0.3 is 4.74 Å². The van der Waals surface area contributed by atoms with Crippen LogP contribution < -0.4 is 5.32 Å². The molecule has 0 saturated heterocycles. The van der Waals surface area contributed by atoms with Crippen molar-refractivity contribution in [3.63, 3.8) is 0 Å². The Kier molecular flexibility index (Phi) is 4.06. The Morgan fingerprint density at radius 1 is 1.53 bits per heavy atom. The smallest absolute Gasteiger partial charge is 0.134 e. The molecule has 4 heteroatoms. The van der Waals surface area contributed by atoms with Crippen LogP contribution in [-0.4, -0.2) is 26.0 Å². The van der Waals surface area contributed by atoms with Crippen molar-refractivity contribution in [1.29, 1.82) is 5.26 Å². The summed E-state index contributed by atoms with van der Waals surface area (Å²) in [6.45, 7) is 1.32. The molecular weight excluding hydrogens is 232 g/mol. The molecule has 1 heterocycles. The lowest BCUT2D eigenvalue weighted by atomic mass is 9.88. The van der Waals surface area contributed by atoms with Crippen LogP contribution in [0.15, 0.2) is 29.2 Å². The van der Waals surface area contributed by atoms with Gasteiger partial charge in [0.2, 0.25) is 0 Å². The summed E-state index contributed by atoms with van der Waals surface area (Å²) in [6, 6.07) is 10.6. The van der Waals surface area contributed by atoms with Crippen molar-refractivity contribution in [3.8, 4) is 6.07 Å². The van der Waals surface area contributed by atoms with E-state index < -0.39 is 5.54 Å². The quantitative estimate of drug-likeness (QED) is 0.829. The molecule has 1 aromatic carbocycles. The van der Waals surface area contributed by atoms with Gasteiger partial charge in [-0.05, 0) is 18.1 Å². The first kappa shape index (κ1) is 12.4. The molecule has 0 saturated carbocycles. The average Bonchev–Trinajstić information content (AvgIpc) is 2.39. The van der Waals surface area contributed by atoms with Gasteiger partial charge in [-0.25, -0.2) is 0 Å². The highest BCUT2D eigenvalue weighted by Gasteiger charge is 2.36. The highest BCUT2D eigenvalue weighted by molar-refractivity contribution is 7.99. The molecule has 0 aromatic heterocycles. The van der Waals surface area contributed by atoms with E-state index in [2.05, 4.69) is 17.5 Å². The van der Waals surface area contributed by atoms with Gasteiger partial charge in [-0.2, -0.15) is 5.26 Å². The van der Waals surface area contributed by atoms with Crippen LogP contribution in [0.25, 0.3) is 0 Å². The number of thioether (sulfide) groups is 1. The van der Waals surface area contributed by atoms with Gasteiger partial charge in [-0.15, -0.1) is 11.8 Å². The van der Waals surface area contributed by atoms with Crippen LogP contribution in [0.4, 0.5) is 0 Å². The first-order valence-corrected chi connectivity index (χ1v) is 6.68. The van der Waals surface area contributed by atoms with Crippen LogP contribution in [0.2, 0.25) is 0 Å². The van der Waals surface area contributed by atoms with E-state index in [4.69, 9.17) is 4.74 Å². The van der Waals surface area contributed by atoms with E-state index in [1.807, 2.05) is 30.0 Å². The van der Waals surface area contributed by atoms with Crippen molar-refractivity contribution >= 4 is 11.8 Å². The lowest BCUT2D eigenvalue weighted by Crippen LogP contribution is -2.45. The number of nitriles is 1. The third-order valence-corrected chi connectivity index (χ3v) is 4.08. The Bertz CT molecular complexity index is 430. The molecule has 0 amide bonds. The number of methoxy groups -OCH3 is 1. The van der Waals surface area contributed by atoms with Gasteiger partial charge in [-0.3, -0.25) is 5.32 Å². The number of fused-ring (bicyclic) bond motifs is 1. The Balaban J connectivity index is 2.27. The molecule has 0 bridgehead atoms. The fourth-order valence-corrected chi connectivity index (χ4v) is 3.30. The van der Waals surface area contributed by atoms with E-state index in [0.717, 1.165) is 17.7 Å². The topological polar surface area (TPSA) is 45.0 Å². The number of nitrogens with one attached hydrogen (secondary N) is 1. The van der Waals surface area contributed by atoms with Crippen LogP contribution >= 0.6 is 11.8 Å². The molecule has 3 nitrogen and oxygen atoms in total. The zero-order valence-corrected chi connectivity index (χ0v) is 10.7. The van der Waals surface area contributed by atoms with Gasteiger partial charge in [0.1, 0.15) is 5.54 Å². The summed E-state index contributed by atoms with van der Waals surface area (Å²) < 4.78 is 5.03. The molecule has 2 rings (SSSR count). The standard InChI is InChI=1S/C13H16N2OS/c1-16-8-7-15-13(10-14)6-9-17-12-5-3-2-4-11(12)13/h2-5,15H,6-9H2,1H3. The molecule has 0 fully saturated rings. The maximum absolute atomic E-state index is 9.53. The fourth-order valence-electron chi connectivity index (χ4n) is 2.10. The maximum atomic E-state index is 9.53. The molecule has 1 N–H and O–H groups in total. The summed E-state index contributed by atoms with van der Waals surface area (Å²) in [5, 5.41) is 12.9. The normalized spacial score (nSPS) is 22.8. The predicted molar refractivity (Wildman–Crippen MR) is 69.0 cm³/mol. The zero-order valence-electron chi connectivity index (χ0n) is 9.90. The van der Waals surface area contributed by atoms with Crippen molar-refractivity contribution < 1.29 is 4.74 Å². The maximum Gasteiger partial charge on any atom is 0.134 e. The Hall–Kier alpha value is -1.02. The van der Waals surface area contributed by atoms with E-state index in [-0.39, 0.29) is 0 Å². The Morgan fingerprint density at radius 3 is 3.12 bits per heavy atom. The molecule has 1 aliphatic heterocycles. The molecule has 17 heavy (non-hydrogen) atoms. The number of benzene rings is 1. The number of hydrogen-bond acceptors (Lipinski definition) is 4. The van der Waals surface area contributed by atoms with Crippen molar-refractivity contribution in [1.82, 2.24) is 5.32 Å². The highest BCUT2D eigenvalue weighted by atomic mass is 32.2. The van der Waals surface area contributed by atoms with Gasteiger partial charge in [0.05, 0.1) is 12.7 Å². The van der Waals surface area contributed by atoms with E-state index in [1.54, 1.807) is 7.11 Å². The molecule has 0 aliphatic carbocycles. The lowest BCUT2D eigenvalue weighted by Gasteiger charge is -2.33. The first-order valence-electron chi connectivity index (χ1n) is 5.70. The van der Waals surface area contributed by atoms with Crippen LogP contribution in [0.5, 0.6) is 0 Å². The molecule has 90 valence electrons. The van der Waals surface area contributed by atoms with Crippen molar-refractivity contribution in [2.45, 2.75) is 16.9 Å². The summed E-state index contributed by atoms with van der Waals surface area (Å²) in [7, 11) is 1.67. The minimum atomic E-state index is -0.541. The SMILES string of the molecule is COCCNC1(C#N)CCSc2ccccc21. The molecule has 1 atom stereocenters. The Morgan fingerprint density at radius 2 is 2.35 bits per heavy atom. The van der Waals surface area contributed by atoms with Gasteiger partial charge in [0.25, 0.3) is 0 Å². The first-order chi connectivity index (χ1) is 8.32. The zero-order chi connectivity index (χ0) is 12.1. The summed E-state index contributed by atoms with van der Waals surface area (Å²) in [6.07, 6.45) is 0.842. The number of hydrogen-bond donors (Lipinski definition) is 1. The molecule has 1 unspecified atom stereocenters. The van der Waals surface area contributed by atoms with Crippen LogP contribution in [0, 0.1) is 11.3 Å². The second-order valence-electron chi connectivity index (χ2n) is 4.03. The summed E-state index contributed by atoms with van der Waals surface area (Å²) in [4.78, 5) is 1.21. The van der Waals surface area contributed by atoms with Crippen molar-refractivity contribution in [2.24, 2.45) is 0 Å². The van der Waals surface area contributed by atoms with Gasteiger partial charge in [-0.1, -0.05) is 18.2 Å².